The van der Waals surface area contributed by atoms with Crippen LogP contribution in [0.15, 0.2) is 30.3 Å². The highest BCUT2D eigenvalue weighted by Crippen LogP contribution is 2.36. The first-order chi connectivity index (χ1) is 10.8. The standard InChI is InChI=1S/C18H28N2O3/c1-18(2,3)16-15(12-20(16)17(21)22)19(4)10-11-23-13-14-8-6-5-7-9-14/h5-9,15-16H,10-13H2,1-4H3,(H,21,22). The fourth-order valence-electron chi connectivity index (χ4n) is 3.25. The third-order valence-corrected chi connectivity index (χ3v) is 4.48. The summed E-state index contributed by atoms with van der Waals surface area (Å²) < 4.78 is 5.73. The van der Waals surface area contributed by atoms with E-state index < -0.39 is 6.09 Å². The second-order valence-electron chi connectivity index (χ2n) is 7.33. The van der Waals surface area contributed by atoms with Crippen molar-refractivity contribution in [2.45, 2.75) is 39.5 Å². The molecule has 0 aliphatic carbocycles. The van der Waals surface area contributed by atoms with Crippen molar-refractivity contribution in [3.8, 4) is 0 Å². The van der Waals surface area contributed by atoms with Gasteiger partial charge in [-0.3, -0.25) is 4.90 Å². The number of rotatable bonds is 6. The summed E-state index contributed by atoms with van der Waals surface area (Å²) >= 11 is 0. The van der Waals surface area contributed by atoms with E-state index in [1.807, 2.05) is 18.2 Å². The van der Waals surface area contributed by atoms with E-state index in [0.717, 1.165) is 6.54 Å². The number of carbonyl (C=O) groups is 1. The number of ether oxygens (including phenoxy) is 1. The molecule has 0 bridgehead atoms. The van der Waals surface area contributed by atoms with E-state index in [0.29, 0.717) is 19.8 Å². The number of carboxylic acid groups (broad SMARTS) is 1. The second kappa shape index (κ2) is 7.32. The van der Waals surface area contributed by atoms with Gasteiger partial charge in [0.05, 0.1) is 19.3 Å². The summed E-state index contributed by atoms with van der Waals surface area (Å²) in [5, 5.41) is 9.29. The van der Waals surface area contributed by atoms with Gasteiger partial charge in [-0.1, -0.05) is 51.1 Å². The zero-order valence-electron chi connectivity index (χ0n) is 14.5. The Hall–Kier alpha value is -1.59. The highest BCUT2D eigenvalue weighted by Gasteiger charge is 2.49. The number of amides is 1. The smallest absolute Gasteiger partial charge is 0.407 e. The molecule has 1 aliphatic heterocycles. The summed E-state index contributed by atoms with van der Waals surface area (Å²) in [6, 6.07) is 10.4. The lowest BCUT2D eigenvalue weighted by Crippen LogP contribution is -2.71. The molecule has 1 saturated heterocycles. The monoisotopic (exact) mass is 320 g/mol. The molecule has 1 N–H and O–H groups in total. The van der Waals surface area contributed by atoms with Crippen LogP contribution in [0.25, 0.3) is 0 Å². The quantitative estimate of drug-likeness (QED) is 0.819. The van der Waals surface area contributed by atoms with Crippen LogP contribution in [0, 0.1) is 5.41 Å². The normalized spacial score (nSPS) is 21.3. The molecule has 5 nitrogen and oxygen atoms in total. The van der Waals surface area contributed by atoms with Crippen LogP contribution < -0.4 is 0 Å². The van der Waals surface area contributed by atoms with Crippen LogP contribution in [0.1, 0.15) is 26.3 Å². The molecule has 0 aromatic heterocycles. The predicted octanol–water partition coefficient (Wildman–Crippen LogP) is 2.91. The van der Waals surface area contributed by atoms with Crippen LogP contribution in [0.5, 0.6) is 0 Å². The summed E-state index contributed by atoms with van der Waals surface area (Å²) in [7, 11) is 2.05. The lowest BCUT2D eigenvalue weighted by atomic mass is 9.75. The summed E-state index contributed by atoms with van der Waals surface area (Å²) in [6.07, 6.45) is -0.824. The first-order valence-electron chi connectivity index (χ1n) is 8.12. The van der Waals surface area contributed by atoms with Crippen molar-refractivity contribution in [1.29, 1.82) is 0 Å². The third-order valence-electron chi connectivity index (χ3n) is 4.48. The van der Waals surface area contributed by atoms with Gasteiger partial charge < -0.3 is 14.7 Å². The number of likely N-dealkylation sites (tertiary alicyclic amines) is 1. The maximum Gasteiger partial charge on any atom is 0.407 e. The fourth-order valence-corrected chi connectivity index (χ4v) is 3.25. The Kier molecular flexibility index (Phi) is 5.65. The zero-order valence-corrected chi connectivity index (χ0v) is 14.5. The zero-order chi connectivity index (χ0) is 17.0. The third kappa shape index (κ3) is 4.45. The van der Waals surface area contributed by atoms with Crippen molar-refractivity contribution < 1.29 is 14.6 Å². The van der Waals surface area contributed by atoms with E-state index in [2.05, 4.69) is 44.9 Å². The van der Waals surface area contributed by atoms with Crippen LogP contribution in [0.3, 0.4) is 0 Å². The first kappa shape index (κ1) is 17.8. The average molecular weight is 320 g/mol. The molecule has 1 aromatic carbocycles. The Morgan fingerprint density at radius 3 is 2.57 bits per heavy atom. The molecule has 1 aromatic rings. The highest BCUT2D eigenvalue weighted by molar-refractivity contribution is 5.67. The van der Waals surface area contributed by atoms with Gasteiger partial charge in [-0.25, -0.2) is 4.79 Å². The van der Waals surface area contributed by atoms with Crippen molar-refractivity contribution in [3.05, 3.63) is 35.9 Å². The van der Waals surface area contributed by atoms with Crippen molar-refractivity contribution in [1.82, 2.24) is 9.80 Å². The number of hydrogen-bond donors (Lipinski definition) is 1. The minimum atomic E-state index is -0.824. The lowest BCUT2D eigenvalue weighted by Gasteiger charge is -2.55. The Balaban J connectivity index is 1.79. The Morgan fingerprint density at radius 2 is 2.00 bits per heavy atom. The van der Waals surface area contributed by atoms with E-state index in [1.165, 1.54) is 5.56 Å². The predicted molar refractivity (Wildman–Crippen MR) is 90.5 cm³/mol. The summed E-state index contributed by atoms with van der Waals surface area (Å²) in [6.45, 7) is 8.93. The van der Waals surface area contributed by atoms with Gasteiger partial charge >= 0.3 is 6.09 Å². The number of hydrogen-bond acceptors (Lipinski definition) is 3. The van der Waals surface area contributed by atoms with Gasteiger partial charge in [0.15, 0.2) is 0 Å². The Labute approximate surface area is 138 Å². The van der Waals surface area contributed by atoms with Crippen molar-refractivity contribution in [3.63, 3.8) is 0 Å². The maximum atomic E-state index is 11.3. The SMILES string of the molecule is CN(CCOCc1ccccc1)C1CN(C(=O)O)C1C(C)(C)C. The topological polar surface area (TPSA) is 53.0 Å². The van der Waals surface area contributed by atoms with Gasteiger partial charge in [0.25, 0.3) is 0 Å². The molecular formula is C18H28N2O3. The average Bonchev–Trinajstić information content (AvgIpc) is 2.41. The molecule has 0 spiro atoms. The highest BCUT2D eigenvalue weighted by atomic mass is 16.5. The van der Waals surface area contributed by atoms with Crippen molar-refractivity contribution >= 4 is 6.09 Å². The Bertz CT molecular complexity index is 513. The molecule has 128 valence electrons. The van der Waals surface area contributed by atoms with Gasteiger partial charge in [-0.15, -0.1) is 0 Å². The van der Waals surface area contributed by atoms with Crippen LogP contribution in [0.4, 0.5) is 4.79 Å². The largest absolute Gasteiger partial charge is 0.465 e. The van der Waals surface area contributed by atoms with E-state index in [4.69, 9.17) is 4.74 Å². The van der Waals surface area contributed by atoms with Gasteiger partial charge in [0, 0.05) is 19.1 Å². The molecule has 2 atom stereocenters. The fraction of sp³-hybridized carbons (Fsp3) is 0.611. The lowest BCUT2D eigenvalue weighted by molar-refractivity contribution is -0.0617. The molecule has 2 unspecified atom stereocenters. The second-order valence-corrected chi connectivity index (χ2v) is 7.33. The van der Waals surface area contributed by atoms with E-state index >= 15 is 0 Å². The number of benzene rings is 1. The molecule has 1 fully saturated rings. The number of likely N-dealkylation sites (N-methyl/N-ethyl adjacent to an activating group) is 1. The maximum absolute atomic E-state index is 11.3. The molecular weight excluding hydrogens is 292 g/mol. The molecule has 0 saturated carbocycles. The van der Waals surface area contributed by atoms with Crippen molar-refractivity contribution in [2.24, 2.45) is 5.41 Å². The van der Waals surface area contributed by atoms with E-state index in [9.17, 15) is 9.90 Å². The first-order valence-corrected chi connectivity index (χ1v) is 8.12. The van der Waals surface area contributed by atoms with Crippen LogP contribution in [-0.4, -0.2) is 59.8 Å². The summed E-state index contributed by atoms with van der Waals surface area (Å²) in [4.78, 5) is 15.1. The minimum Gasteiger partial charge on any atom is -0.465 e. The summed E-state index contributed by atoms with van der Waals surface area (Å²) in [5.41, 5.74) is 1.10. The van der Waals surface area contributed by atoms with Crippen LogP contribution in [-0.2, 0) is 11.3 Å². The van der Waals surface area contributed by atoms with Crippen molar-refractivity contribution in [2.75, 3.05) is 26.7 Å². The van der Waals surface area contributed by atoms with Gasteiger partial charge in [0.1, 0.15) is 0 Å². The van der Waals surface area contributed by atoms with Crippen LogP contribution in [0.2, 0.25) is 0 Å². The molecule has 1 amide bonds. The molecule has 1 heterocycles. The van der Waals surface area contributed by atoms with Crippen LogP contribution >= 0.6 is 0 Å². The van der Waals surface area contributed by atoms with E-state index in [-0.39, 0.29) is 17.5 Å². The molecule has 2 rings (SSSR count). The van der Waals surface area contributed by atoms with Gasteiger partial charge in [-0.2, -0.15) is 0 Å². The van der Waals surface area contributed by atoms with E-state index in [1.54, 1.807) is 4.90 Å². The summed E-state index contributed by atoms with van der Waals surface area (Å²) in [5.74, 6) is 0. The molecule has 0 radical (unpaired) electrons. The molecule has 1 aliphatic rings. The minimum absolute atomic E-state index is 0.0270. The van der Waals surface area contributed by atoms with Gasteiger partial charge in [0.2, 0.25) is 0 Å². The van der Waals surface area contributed by atoms with Gasteiger partial charge in [-0.05, 0) is 18.0 Å². The molecule has 23 heavy (non-hydrogen) atoms. The molecule has 5 heteroatoms. The Morgan fingerprint density at radius 1 is 1.35 bits per heavy atom. The number of nitrogens with zero attached hydrogens (tertiary/aromatic N) is 2.